The predicted molar refractivity (Wildman–Crippen MR) is 106 cm³/mol. The zero-order valence-corrected chi connectivity index (χ0v) is 18.2. The smallest absolute Gasteiger partial charge is 0.311 e. The van der Waals surface area contributed by atoms with Gasteiger partial charge in [-0.15, -0.1) is 11.6 Å². The first-order valence-electron chi connectivity index (χ1n) is 8.29. The van der Waals surface area contributed by atoms with Crippen LogP contribution in [0.25, 0.3) is 0 Å². The molecular formula is C18H20ClF3NO4PS. The first kappa shape index (κ1) is 24.1. The fourth-order valence-electron chi connectivity index (χ4n) is 2.47. The molecule has 29 heavy (non-hydrogen) atoms. The summed E-state index contributed by atoms with van der Waals surface area (Å²) in [5, 5.41) is -1.36. The van der Waals surface area contributed by atoms with E-state index in [1.807, 2.05) is 6.92 Å². The maximum Gasteiger partial charge on any atom is 0.416 e. The predicted octanol–water partition coefficient (Wildman–Crippen LogP) is 5.42. The molecule has 2 rings (SSSR count). The van der Waals surface area contributed by atoms with Crippen molar-refractivity contribution in [2.45, 2.75) is 29.2 Å². The molecule has 160 valence electrons. The van der Waals surface area contributed by atoms with Crippen molar-refractivity contribution in [3.8, 4) is 0 Å². The van der Waals surface area contributed by atoms with E-state index in [9.17, 15) is 21.9 Å². The summed E-state index contributed by atoms with van der Waals surface area (Å²) >= 11 is 6.34. The summed E-state index contributed by atoms with van der Waals surface area (Å²) in [6.07, 6.45) is -4.51. The first-order valence-corrected chi connectivity index (χ1v) is 11.5. The number of hydrogen-bond donors (Lipinski definition) is 1. The van der Waals surface area contributed by atoms with Crippen LogP contribution in [0.5, 0.6) is 0 Å². The van der Waals surface area contributed by atoms with E-state index in [1.54, 1.807) is 24.3 Å². The maximum atomic E-state index is 12.9. The standard InChI is InChI=1S/C18H20ClF3NO4PS/c1-12-4-10-15(11-5-12)29(25)23-16(17(19)28(24,26-2)27-3)13-6-8-14(9-7-13)18(20,21)22/h4-11,16-17,23H,1-3H3/t16-,17-,29+/m1/s1. The molecule has 1 N–H and O–H groups in total. The van der Waals surface area contributed by atoms with Crippen LogP contribution in [-0.4, -0.2) is 23.5 Å². The number of benzene rings is 2. The Bertz CT molecular complexity index is 885. The molecule has 0 saturated carbocycles. The average Bonchev–Trinajstić information content (AvgIpc) is 2.70. The Labute approximate surface area is 174 Å². The van der Waals surface area contributed by atoms with Crippen molar-refractivity contribution in [3.05, 3.63) is 65.2 Å². The van der Waals surface area contributed by atoms with Gasteiger partial charge < -0.3 is 9.05 Å². The molecule has 0 spiro atoms. The van der Waals surface area contributed by atoms with Crippen LogP contribution < -0.4 is 4.72 Å². The highest BCUT2D eigenvalue weighted by Gasteiger charge is 2.41. The molecular weight excluding hydrogens is 450 g/mol. The molecule has 2 aromatic rings. The number of nitrogens with one attached hydrogen (secondary N) is 1. The average molecular weight is 470 g/mol. The highest BCUT2D eigenvalue weighted by atomic mass is 35.5. The van der Waals surface area contributed by atoms with Crippen molar-refractivity contribution in [3.63, 3.8) is 0 Å². The third-order valence-corrected chi connectivity index (χ3v) is 8.21. The van der Waals surface area contributed by atoms with Crippen molar-refractivity contribution < 1.29 is 31.0 Å². The molecule has 3 atom stereocenters. The Morgan fingerprint density at radius 3 is 2.00 bits per heavy atom. The molecule has 0 bridgehead atoms. The first-order chi connectivity index (χ1) is 13.5. The van der Waals surface area contributed by atoms with Gasteiger partial charge in [-0.1, -0.05) is 29.8 Å². The van der Waals surface area contributed by atoms with Crippen LogP contribution in [0.15, 0.2) is 53.4 Å². The molecule has 0 aliphatic carbocycles. The van der Waals surface area contributed by atoms with Gasteiger partial charge in [0, 0.05) is 14.2 Å². The van der Waals surface area contributed by atoms with E-state index in [2.05, 4.69) is 4.72 Å². The van der Waals surface area contributed by atoms with E-state index in [0.29, 0.717) is 4.90 Å². The van der Waals surface area contributed by atoms with Crippen molar-refractivity contribution in [1.82, 2.24) is 4.72 Å². The largest absolute Gasteiger partial charge is 0.416 e. The van der Waals surface area contributed by atoms with Gasteiger partial charge in [-0.3, -0.25) is 4.57 Å². The summed E-state index contributed by atoms with van der Waals surface area (Å²) in [5.74, 6) is 0. The van der Waals surface area contributed by atoms with Crippen molar-refractivity contribution in [1.29, 1.82) is 0 Å². The fourth-order valence-corrected chi connectivity index (χ4v) is 5.51. The lowest BCUT2D eigenvalue weighted by molar-refractivity contribution is -0.137. The SMILES string of the molecule is COP(=O)(OC)[C@@H](Cl)[C@H](N[S@@](=O)c1ccc(C)cc1)c1ccc(C(F)(F)F)cc1. The molecule has 0 aliphatic heterocycles. The maximum absolute atomic E-state index is 12.9. The Morgan fingerprint density at radius 1 is 1.03 bits per heavy atom. The van der Waals surface area contributed by atoms with Gasteiger partial charge in [0.15, 0.2) is 5.12 Å². The minimum absolute atomic E-state index is 0.243. The van der Waals surface area contributed by atoms with Gasteiger partial charge in [-0.25, -0.2) is 8.93 Å². The van der Waals surface area contributed by atoms with E-state index >= 15 is 0 Å². The van der Waals surface area contributed by atoms with E-state index in [-0.39, 0.29) is 5.56 Å². The van der Waals surface area contributed by atoms with Gasteiger partial charge in [0.25, 0.3) is 0 Å². The zero-order chi connectivity index (χ0) is 21.8. The van der Waals surface area contributed by atoms with E-state index in [4.69, 9.17) is 20.6 Å². The third-order valence-electron chi connectivity index (χ3n) is 4.15. The van der Waals surface area contributed by atoms with Gasteiger partial charge in [0.2, 0.25) is 0 Å². The molecule has 0 fully saturated rings. The quantitative estimate of drug-likeness (QED) is 0.414. The van der Waals surface area contributed by atoms with Crippen LogP contribution in [0.2, 0.25) is 0 Å². The second-order valence-corrected chi connectivity index (χ2v) is 10.5. The number of aryl methyl sites for hydroxylation is 1. The van der Waals surface area contributed by atoms with E-state index < -0.39 is 41.5 Å². The molecule has 0 heterocycles. The summed E-state index contributed by atoms with van der Waals surface area (Å²) in [6.45, 7) is 1.87. The second kappa shape index (κ2) is 9.73. The summed E-state index contributed by atoms with van der Waals surface area (Å²) < 4.78 is 76.7. The van der Waals surface area contributed by atoms with E-state index in [0.717, 1.165) is 31.9 Å². The van der Waals surface area contributed by atoms with Crippen LogP contribution in [0.4, 0.5) is 13.2 Å². The molecule has 0 unspecified atom stereocenters. The molecule has 2 aromatic carbocycles. The Morgan fingerprint density at radius 2 is 1.55 bits per heavy atom. The lowest BCUT2D eigenvalue weighted by Gasteiger charge is -2.28. The number of hydrogen-bond acceptors (Lipinski definition) is 4. The lowest BCUT2D eigenvalue weighted by Crippen LogP contribution is -2.31. The van der Waals surface area contributed by atoms with Crippen molar-refractivity contribution in [2.75, 3.05) is 14.2 Å². The van der Waals surface area contributed by atoms with Gasteiger partial charge in [-0.05, 0) is 36.8 Å². The molecule has 0 aromatic heterocycles. The van der Waals surface area contributed by atoms with Gasteiger partial charge in [0.1, 0.15) is 11.0 Å². The molecule has 0 aliphatic rings. The monoisotopic (exact) mass is 469 g/mol. The third kappa shape index (κ3) is 5.90. The highest BCUT2D eigenvalue weighted by Crippen LogP contribution is 2.57. The molecule has 0 amide bonds. The van der Waals surface area contributed by atoms with Crippen molar-refractivity contribution in [2.24, 2.45) is 0 Å². The van der Waals surface area contributed by atoms with Crippen LogP contribution in [0.3, 0.4) is 0 Å². The molecule has 0 saturated heterocycles. The van der Waals surface area contributed by atoms with Crippen LogP contribution >= 0.6 is 19.2 Å². The van der Waals surface area contributed by atoms with E-state index in [1.165, 1.54) is 12.1 Å². The minimum atomic E-state index is -4.51. The lowest BCUT2D eigenvalue weighted by atomic mass is 10.1. The molecule has 11 heteroatoms. The Hall–Kier alpha value is -1.22. The molecule has 5 nitrogen and oxygen atoms in total. The summed E-state index contributed by atoms with van der Waals surface area (Å²) in [6, 6.07) is 9.79. The minimum Gasteiger partial charge on any atom is -0.311 e. The normalized spacial score (nSPS) is 15.7. The topological polar surface area (TPSA) is 64.6 Å². The van der Waals surface area contributed by atoms with Crippen molar-refractivity contribution >= 4 is 30.2 Å². The summed E-state index contributed by atoms with van der Waals surface area (Å²) in [7, 11) is -3.36. The van der Waals surface area contributed by atoms with Gasteiger partial charge in [-0.2, -0.15) is 13.2 Å². The number of halogens is 4. The Kier molecular flexibility index (Phi) is 8.07. The van der Waals surface area contributed by atoms with Gasteiger partial charge in [0.05, 0.1) is 16.5 Å². The Balaban J connectivity index is 2.41. The number of alkyl halides is 4. The number of rotatable bonds is 8. The fraction of sp³-hybridized carbons (Fsp3) is 0.333. The summed E-state index contributed by atoms with van der Waals surface area (Å²) in [4.78, 5) is 0.418. The van der Waals surface area contributed by atoms with Gasteiger partial charge >= 0.3 is 13.8 Å². The zero-order valence-electron chi connectivity index (χ0n) is 15.8. The highest BCUT2D eigenvalue weighted by molar-refractivity contribution is 7.83. The molecule has 0 radical (unpaired) electrons. The van der Waals surface area contributed by atoms with Crippen LogP contribution in [-0.2, 0) is 30.8 Å². The van der Waals surface area contributed by atoms with Crippen LogP contribution in [0.1, 0.15) is 22.7 Å². The van der Waals surface area contributed by atoms with Crippen LogP contribution in [0, 0.1) is 6.92 Å². The second-order valence-electron chi connectivity index (χ2n) is 6.07. The summed E-state index contributed by atoms with van der Waals surface area (Å²) in [5.41, 5.74) is 0.351.